The second-order valence-corrected chi connectivity index (χ2v) is 9.09. The van der Waals surface area contributed by atoms with Crippen molar-refractivity contribution in [1.29, 1.82) is 0 Å². The summed E-state index contributed by atoms with van der Waals surface area (Å²) in [5, 5.41) is 0. The second kappa shape index (κ2) is 8.04. The van der Waals surface area contributed by atoms with Crippen molar-refractivity contribution in [1.82, 2.24) is 34.1 Å². The summed E-state index contributed by atoms with van der Waals surface area (Å²) < 4.78 is 4.40. The minimum absolute atomic E-state index is 0.823. The van der Waals surface area contributed by atoms with Crippen molar-refractivity contribution >= 4 is 44.1 Å². The van der Waals surface area contributed by atoms with Gasteiger partial charge in [-0.15, -0.1) is 0 Å². The number of nitrogens with zero attached hydrogens (tertiary/aromatic N) is 7. The number of para-hydroxylation sites is 1. The van der Waals surface area contributed by atoms with Crippen LogP contribution in [0.15, 0.2) is 116 Å². The third-order valence-corrected chi connectivity index (χ3v) is 6.92. The SMILES string of the molecule is c1ccc(-n2c3cccnc3c3nc4c5ncccc5n(-c5ccc(-c6ccccn6)nc5)c4cc32)cc1. The van der Waals surface area contributed by atoms with Crippen LogP contribution in [-0.4, -0.2) is 34.1 Å². The molecular weight excluding hydrogens is 470 g/mol. The Balaban J connectivity index is 1.45. The fourth-order valence-electron chi connectivity index (χ4n) is 5.28. The first-order valence-electron chi connectivity index (χ1n) is 12.4. The van der Waals surface area contributed by atoms with Crippen molar-refractivity contribution in [2.24, 2.45) is 0 Å². The summed E-state index contributed by atoms with van der Waals surface area (Å²) in [5.74, 6) is 0. The number of aromatic nitrogens is 7. The Morgan fingerprint density at radius 3 is 1.68 bits per heavy atom. The lowest BCUT2D eigenvalue weighted by Crippen LogP contribution is -1.97. The molecule has 7 heterocycles. The molecule has 0 radical (unpaired) electrons. The summed E-state index contributed by atoms with van der Waals surface area (Å²) in [6.45, 7) is 0. The Morgan fingerprint density at radius 2 is 1.05 bits per heavy atom. The van der Waals surface area contributed by atoms with Gasteiger partial charge in [0.15, 0.2) is 0 Å². The van der Waals surface area contributed by atoms with Crippen molar-refractivity contribution in [3.05, 3.63) is 116 Å². The highest BCUT2D eigenvalue weighted by atomic mass is 15.1. The number of rotatable bonds is 3. The summed E-state index contributed by atoms with van der Waals surface area (Å²) in [4.78, 5) is 23.8. The lowest BCUT2D eigenvalue weighted by Gasteiger charge is -2.09. The molecule has 178 valence electrons. The van der Waals surface area contributed by atoms with Gasteiger partial charge in [-0.05, 0) is 66.7 Å². The van der Waals surface area contributed by atoms with Crippen LogP contribution in [0.4, 0.5) is 0 Å². The molecule has 0 unspecified atom stereocenters. The number of fused-ring (bicyclic) bond motifs is 6. The fraction of sp³-hybridized carbons (Fsp3) is 0. The number of hydrogen-bond donors (Lipinski definition) is 0. The highest BCUT2D eigenvalue weighted by Gasteiger charge is 2.20. The Labute approximate surface area is 216 Å². The van der Waals surface area contributed by atoms with Gasteiger partial charge in [-0.1, -0.05) is 24.3 Å². The van der Waals surface area contributed by atoms with Crippen LogP contribution in [0.3, 0.4) is 0 Å². The van der Waals surface area contributed by atoms with Crippen LogP contribution in [0.5, 0.6) is 0 Å². The third kappa shape index (κ3) is 2.99. The zero-order valence-corrected chi connectivity index (χ0v) is 20.1. The molecule has 0 aliphatic heterocycles. The Hall–Kier alpha value is -5.43. The summed E-state index contributed by atoms with van der Waals surface area (Å²) in [7, 11) is 0. The van der Waals surface area contributed by atoms with Gasteiger partial charge in [0, 0.05) is 24.3 Å². The first-order valence-corrected chi connectivity index (χ1v) is 12.4. The van der Waals surface area contributed by atoms with E-state index in [0.29, 0.717) is 0 Å². The zero-order chi connectivity index (χ0) is 25.1. The Morgan fingerprint density at radius 1 is 0.421 bits per heavy atom. The van der Waals surface area contributed by atoms with Crippen molar-refractivity contribution in [2.75, 3.05) is 0 Å². The molecule has 38 heavy (non-hydrogen) atoms. The molecule has 7 heteroatoms. The first-order chi connectivity index (χ1) is 18.9. The smallest absolute Gasteiger partial charge is 0.116 e. The third-order valence-electron chi connectivity index (χ3n) is 6.92. The van der Waals surface area contributed by atoms with E-state index in [-0.39, 0.29) is 0 Å². The quantitative estimate of drug-likeness (QED) is 0.282. The van der Waals surface area contributed by atoms with E-state index >= 15 is 0 Å². The largest absolute Gasteiger partial charge is 0.306 e. The van der Waals surface area contributed by atoms with Gasteiger partial charge < -0.3 is 9.13 Å². The molecule has 0 aliphatic carbocycles. The molecule has 0 saturated heterocycles. The highest BCUT2D eigenvalue weighted by molar-refractivity contribution is 6.13. The summed E-state index contributed by atoms with van der Waals surface area (Å²) >= 11 is 0. The van der Waals surface area contributed by atoms with Crippen molar-refractivity contribution in [2.45, 2.75) is 0 Å². The molecule has 0 atom stereocenters. The molecule has 0 spiro atoms. The van der Waals surface area contributed by atoms with Crippen molar-refractivity contribution in [3.63, 3.8) is 0 Å². The molecule has 7 aromatic heterocycles. The van der Waals surface area contributed by atoms with Gasteiger partial charge in [-0.2, -0.15) is 0 Å². The Kier molecular flexibility index (Phi) is 4.39. The van der Waals surface area contributed by atoms with Gasteiger partial charge in [0.05, 0.1) is 45.3 Å². The highest BCUT2D eigenvalue weighted by Crippen LogP contribution is 2.36. The molecular formula is C31H19N7. The average molecular weight is 490 g/mol. The van der Waals surface area contributed by atoms with E-state index < -0.39 is 0 Å². The molecule has 8 rings (SSSR count). The van der Waals surface area contributed by atoms with E-state index in [1.165, 1.54) is 0 Å². The van der Waals surface area contributed by atoms with E-state index in [4.69, 9.17) is 19.9 Å². The van der Waals surface area contributed by atoms with Crippen LogP contribution in [0.25, 0.3) is 66.9 Å². The lowest BCUT2D eigenvalue weighted by atomic mass is 10.2. The van der Waals surface area contributed by atoms with Crippen LogP contribution in [0.2, 0.25) is 0 Å². The normalized spacial score (nSPS) is 11.7. The molecule has 0 saturated carbocycles. The first kappa shape index (κ1) is 20.7. The zero-order valence-electron chi connectivity index (χ0n) is 20.1. The van der Waals surface area contributed by atoms with Gasteiger partial charge in [-0.25, -0.2) is 4.98 Å². The Bertz CT molecular complexity index is 2110. The monoisotopic (exact) mass is 489 g/mol. The minimum atomic E-state index is 0.823. The van der Waals surface area contributed by atoms with Gasteiger partial charge in [0.2, 0.25) is 0 Å². The van der Waals surface area contributed by atoms with E-state index in [9.17, 15) is 0 Å². The van der Waals surface area contributed by atoms with Crippen LogP contribution in [0, 0.1) is 0 Å². The maximum atomic E-state index is 5.19. The molecule has 0 bridgehead atoms. The lowest BCUT2D eigenvalue weighted by molar-refractivity contribution is 1.13. The van der Waals surface area contributed by atoms with E-state index in [1.807, 2.05) is 73.2 Å². The van der Waals surface area contributed by atoms with E-state index in [2.05, 4.69) is 50.5 Å². The molecule has 0 N–H and O–H groups in total. The second-order valence-electron chi connectivity index (χ2n) is 9.09. The fourth-order valence-corrected chi connectivity index (χ4v) is 5.28. The number of benzene rings is 1. The van der Waals surface area contributed by atoms with Crippen LogP contribution < -0.4 is 0 Å². The molecule has 8 aromatic rings. The summed E-state index contributed by atoms with van der Waals surface area (Å²) in [5.41, 5.74) is 11.0. The number of hydrogen-bond acceptors (Lipinski definition) is 5. The molecule has 0 fully saturated rings. The molecule has 1 aromatic carbocycles. The van der Waals surface area contributed by atoms with E-state index in [1.54, 1.807) is 6.20 Å². The molecule has 0 aliphatic rings. The predicted octanol–water partition coefficient (Wildman–Crippen LogP) is 6.52. The van der Waals surface area contributed by atoms with Gasteiger partial charge in [0.25, 0.3) is 0 Å². The standard InChI is InChI=1S/C31H19N7/c1-2-8-20(9-3-1)37-24-11-6-16-33-28(24)30-26(37)18-27-31(36-30)29-25(12-7-17-34-29)38(27)21-13-14-23(35-19-21)22-10-4-5-15-32-22/h1-19H. The molecule has 0 amide bonds. The summed E-state index contributed by atoms with van der Waals surface area (Å²) in [6.07, 6.45) is 7.29. The van der Waals surface area contributed by atoms with Crippen LogP contribution >= 0.6 is 0 Å². The molecule has 7 nitrogen and oxygen atoms in total. The van der Waals surface area contributed by atoms with Crippen molar-refractivity contribution < 1.29 is 0 Å². The topological polar surface area (TPSA) is 74.3 Å². The van der Waals surface area contributed by atoms with Crippen LogP contribution in [-0.2, 0) is 0 Å². The number of pyridine rings is 5. The van der Waals surface area contributed by atoms with Gasteiger partial charge in [-0.3, -0.25) is 19.9 Å². The average Bonchev–Trinajstić information content (AvgIpc) is 3.49. The van der Waals surface area contributed by atoms with E-state index in [0.717, 1.165) is 66.9 Å². The maximum absolute atomic E-state index is 5.19. The predicted molar refractivity (Wildman–Crippen MR) is 150 cm³/mol. The minimum Gasteiger partial charge on any atom is -0.306 e. The maximum Gasteiger partial charge on any atom is 0.116 e. The summed E-state index contributed by atoms with van der Waals surface area (Å²) in [6, 6.07) is 30.5. The van der Waals surface area contributed by atoms with Gasteiger partial charge >= 0.3 is 0 Å². The van der Waals surface area contributed by atoms with Crippen molar-refractivity contribution in [3.8, 4) is 22.8 Å². The van der Waals surface area contributed by atoms with Crippen LogP contribution in [0.1, 0.15) is 0 Å². The van der Waals surface area contributed by atoms with Gasteiger partial charge in [0.1, 0.15) is 22.1 Å².